The van der Waals surface area contributed by atoms with Gasteiger partial charge in [-0.25, -0.2) is 0 Å². The first-order valence-corrected chi connectivity index (χ1v) is 6.77. The molecule has 0 spiro atoms. The van der Waals surface area contributed by atoms with E-state index < -0.39 is 0 Å². The Morgan fingerprint density at radius 1 is 1.05 bits per heavy atom. The summed E-state index contributed by atoms with van der Waals surface area (Å²) >= 11 is 3.31. The molecule has 2 aromatic carbocycles. The third kappa shape index (κ3) is 2.47. The van der Waals surface area contributed by atoms with E-state index in [0.29, 0.717) is 16.7 Å². The number of rotatable bonds is 3. The zero-order chi connectivity index (χ0) is 13.2. The van der Waals surface area contributed by atoms with Crippen molar-refractivity contribution in [3.63, 3.8) is 0 Å². The first-order chi connectivity index (χ1) is 9.24. The summed E-state index contributed by atoms with van der Waals surface area (Å²) < 4.78 is 5.90. The lowest BCUT2D eigenvalue weighted by Gasteiger charge is -2.02. The van der Waals surface area contributed by atoms with Gasteiger partial charge in [0, 0.05) is 6.42 Å². The summed E-state index contributed by atoms with van der Waals surface area (Å²) in [5, 5.41) is 2.32. The van der Waals surface area contributed by atoms with Crippen LogP contribution in [0.15, 0.2) is 63.7 Å². The number of benzene rings is 2. The van der Waals surface area contributed by atoms with E-state index in [9.17, 15) is 4.79 Å². The molecule has 0 fully saturated rings. The summed E-state index contributed by atoms with van der Waals surface area (Å²) in [5.74, 6) is 0.361. The average Bonchev–Trinajstić information content (AvgIpc) is 2.85. The summed E-state index contributed by atoms with van der Waals surface area (Å²) in [6.45, 7) is 0. The highest BCUT2D eigenvalue weighted by Gasteiger charge is 2.14. The van der Waals surface area contributed by atoms with Crippen molar-refractivity contribution in [3.8, 4) is 0 Å². The van der Waals surface area contributed by atoms with Crippen LogP contribution in [0, 0.1) is 0 Å². The summed E-state index contributed by atoms with van der Waals surface area (Å²) in [7, 11) is 0. The van der Waals surface area contributed by atoms with Crippen LogP contribution in [0.3, 0.4) is 0 Å². The van der Waals surface area contributed by atoms with Gasteiger partial charge < -0.3 is 4.42 Å². The maximum atomic E-state index is 12.1. The van der Waals surface area contributed by atoms with Gasteiger partial charge in [0.2, 0.25) is 5.78 Å². The maximum Gasteiger partial charge on any atom is 0.203 e. The molecule has 0 atom stereocenters. The van der Waals surface area contributed by atoms with Crippen molar-refractivity contribution in [2.45, 2.75) is 6.42 Å². The molecule has 3 heteroatoms. The lowest BCUT2D eigenvalue weighted by molar-refractivity contribution is 0.0965. The molecule has 0 radical (unpaired) electrons. The lowest BCUT2D eigenvalue weighted by Crippen LogP contribution is -2.02. The second-order valence-electron chi connectivity index (χ2n) is 4.38. The molecule has 0 aliphatic carbocycles. The highest BCUT2D eigenvalue weighted by Crippen LogP contribution is 2.21. The van der Waals surface area contributed by atoms with Crippen LogP contribution in [0.2, 0.25) is 0 Å². The highest BCUT2D eigenvalue weighted by molar-refractivity contribution is 9.10. The molecule has 3 rings (SSSR count). The van der Waals surface area contributed by atoms with Crippen LogP contribution in [0.25, 0.3) is 10.8 Å². The predicted octanol–water partition coefficient (Wildman–Crippen LogP) is 4.62. The second kappa shape index (κ2) is 5.02. The molecule has 0 N–H and O–H groups in total. The first kappa shape index (κ1) is 12.2. The molecule has 2 nitrogen and oxygen atoms in total. The van der Waals surface area contributed by atoms with Gasteiger partial charge in [0.05, 0.1) is 10.7 Å². The molecule has 1 heterocycles. The minimum atomic E-state index is -0.0212. The minimum Gasteiger partial charge on any atom is -0.460 e. The Balaban J connectivity index is 1.89. The van der Waals surface area contributed by atoms with Crippen LogP contribution >= 0.6 is 15.9 Å². The normalized spacial score (nSPS) is 10.8. The van der Waals surface area contributed by atoms with Gasteiger partial charge in [-0.15, -0.1) is 0 Å². The van der Waals surface area contributed by atoms with E-state index >= 15 is 0 Å². The topological polar surface area (TPSA) is 30.2 Å². The van der Waals surface area contributed by atoms with Gasteiger partial charge >= 0.3 is 0 Å². The fraction of sp³-hybridized carbons (Fsp3) is 0.0625. The van der Waals surface area contributed by atoms with E-state index in [1.807, 2.05) is 36.4 Å². The second-order valence-corrected chi connectivity index (χ2v) is 5.23. The zero-order valence-electron chi connectivity index (χ0n) is 10.1. The average molecular weight is 315 g/mol. The van der Waals surface area contributed by atoms with Crippen LogP contribution in [0.4, 0.5) is 0 Å². The Morgan fingerprint density at radius 2 is 1.84 bits per heavy atom. The molecule has 0 saturated carbocycles. The quantitative estimate of drug-likeness (QED) is 0.660. The highest BCUT2D eigenvalue weighted by atomic mass is 79.9. The van der Waals surface area contributed by atoms with Gasteiger partial charge in [0.15, 0.2) is 5.76 Å². The number of Topliss-reactive ketones (excluding diaryl/α,β-unsaturated/α-hetero) is 1. The number of fused-ring (bicyclic) bond motifs is 1. The molecule has 94 valence electrons. The van der Waals surface area contributed by atoms with Crippen LogP contribution < -0.4 is 0 Å². The van der Waals surface area contributed by atoms with Crippen molar-refractivity contribution in [1.82, 2.24) is 0 Å². The van der Waals surface area contributed by atoms with Crippen LogP contribution in [0.1, 0.15) is 16.1 Å². The Bertz CT molecular complexity index is 743. The van der Waals surface area contributed by atoms with Gasteiger partial charge in [-0.3, -0.25) is 4.79 Å². The molecule has 0 bridgehead atoms. The van der Waals surface area contributed by atoms with Crippen molar-refractivity contribution in [1.29, 1.82) is 0 Å². The standard InChI is InChI=1S/C16H11BrO2/c17-14-7-8-19-16(14)15(18)10-11-5-6-12-3-1-2-4-13(12)9-11/h1-9H,10H2. The van der Waals surface area contributed by atoms with Gasteiger partial charge in [0.1, 0.15) is 0 Å². The fourth-order valence-corrected chi connectivity index (χ4v) is 2.53. The molecule has 0 aliphatic heterocycles. The molecule has 0 saturated heterocycles. The summed E-state index contributed by atoms with van der Waals surface area (Å²) in [4.78, 5) is 12.1. The van der Waals surface area contributed by atoms with Gasteiger partial charge in [-0.1, -0.05) is 42.5 Å². The van der Waals surface area contributed by atoms with E-state index in [4.69, 9.17) is 4.42 Å². The fourth-order valence-electron chi connectivity index (χ4n) is 2.11. The van der Waals surface area contributed by atoms with Crippen molar-refractivity contribution >= 4 is 32.5 Å². The predicted molar refractivity (Wildman–Crippen MR) is 78.4 cm³/mol. The van der Waals surface area contributed by atoms with E-state index in [1.54, 1.807) is 6.07 Å². The third-order valence-corrected chi connectivity index (χ3v) is 3.67. The van der Waals surface area contributed by atoms with Gasteiger partial charge in [-0.2, -0.15) is 0 Å². The number of hydrogen-bond donors (Lipinski definition) is 0. The molecule has 0 amide bonds. The Morgan fingerprint density at radius 3 is 2.58 bits per heavy atom. The van der Waals surface area contributed by atoms with E-state index in [2.05, 4.69) is 22.0 Å². The molecule has 3 aromatic rings. The zero-order valence-corrected chi connectivity index (χ0v) is 11.7. The first-order valence-electron chi connectivity index (χ1n) is 5.98. The van der Waals surface area contributed by atoms with Crippen LogP contribution in [-0.4, -0.2) is 5.78 Å². The van der Waals surface area contributed by atoms with Crippen molar-refractivity contribution in [2.75, 3.05) is 0 Å². The largest absolute Gasteiger partial charge is 0.460 e. The summed E-state index contributed by atoms with van der Waals surface area (Å²) in [5.41, 5.74) is 0.993. The molecule has 19 heavy (non-hydrogen) atoms. The molecule has 1 aromatic heterocycles. The third-order valence-electron chi connectivity index (χ3n) is 3.05. The van der Waals surface area contributed by atoms with Crippen molar-refractivity contribution < 1.29 is 9.21 Å². The smallest absolute Gasteiger partial charge is 0.203 e. The number of halogens is 1. The van der Waals surface area contributed by atoms with E-state index in [1.165, 1.54) is 11.6 Å². The molecule has 0 aliphatic rings. The SMILES string of the molecule is O=C(Cc1ccc2ccccc2c1)c1occc1Br. The maximum absolute atomic E-state index is 12.1. The Kier molecular flexibility index (Phi) is 3.22. The summed E-state index contributed by atoms with van der Waals surface area (Å²) in [6, 6.07) is 15.9. The van der Waals surface area contributed by atoms with E-state index in [-0.39, 0.29) is 5.78 Å². The monoisotopic (exact) mass is 314 g/mol. The molecular weight excluding hydrogens is 304 g/mol. The lowest BCUT2D eigenvalue weighted by atomic mass is 10.0. The molecular formula is C16H11BrO2. The molecule has 0 unspecified atom stereocenters. The number of carbonyl (C=O) groups excluding carboxylic acids is 1. The van der Waals surface area contributed by atoms with Gasteiger partial charge in [0.25, 0.3) is 0 Å². The Hall–Kier alpha value is -1.87. The van der Waals surface area contributed by atoms with Crippen LogP contribution in [0.5, 0.6) is 0 Å². The van der Waals surface area contributed by atoms with Crippen molar-refractivity contribution in [2.24, 2.45) is 0 Å². The van der Waals surface area contributed by atoms with E-state index in [0.717, 1.165) is 10.9 Å². The Labute approximate surface area is 119 Å². The van der Waals surface area contributed by atoms with Crippen molar-refractivity contribution in [3.05, 3.63) is 70.6 Å². The number of ketones is 1. The van der Waals surface area contributed by atoms with Crippen LogP contribution in [-0.2, 0) is 6.42 Å². The minimum absolute atomic E-state index is 0.0212. The summed E-state index contributed by atoms with van der Waals surface area (Å²) in [6.07, 6.45) is 1.86. The number of carbonyl (C=O) groups is 1. The van der Waals surface area contributed by atoms with Gasteiger partial charge in [-0.05, 0) is 38.3 Å². The number of furan rings is 1. The number of hydrogen-bond acceptors (Lipinski definition) is 2.